The number of carbonyl (C=O) groups excluding carboxylic acids is 1. The molecule has 8 nitrogen and oxygen atoms in total. The minimum absolute atomic E-state index is 0.111. The molecule has 0 radical (unpaired) electrons. The van der Waals surface area contributed by atoms with Crippen LogP contribution in [0.15, 0.2) is 34.8 Å². The third-order valence-corrected chi connectivity index (χ3v) is 4.22. The van der Waals surface area contributed by atoms with Crippen molar-refractivity contribution in [1.82, 2.24) is 5.32 Å². The molecule has 134 valence electrons. The van der Waals surface area contributed by atoms with Gasteiger partial charge in [-0.05, 0) is 24.8 Å². The molecule has 0 saturated heterocycles. The van der Waals surface area contributed by atoms with Gasteiger partial charge in [-0.2, -0.15) is 0 Å². The highest BCUT2D eigenvalue weighted by atomic mass is 32.1. The lowest BCUT2D eigenvalue weighted by Gasteiger charge is -2.20. The lowest BCUT2D eigenvalue weighted by molar-refractivity contribution is -0.138. The normalized spacial score (nSPS) is 20.9. The van der Waals surface area contributed by atoms with Gasteiger partial charge in [0.1, 0.15) is 6.61 Å². The molecule has 0 saturated carbocycles. The first-order valence-corrected chi connectivity index (χ1v) is 8.66. The van der Waals surface area contributed by atoms with Crippen LogP contribution in [0.25, 0.3) is 0 Å². The topological polar surface area (TPSA) is 117 Å². The van der Waals surface area contributed by atoms with Crippen LogP contribution in [-0.2, 0) is 19.1 Å². The Morgan fingerprint density at radius 3 is 3.00 bits per heavy atom. The molecule has 0 spiro atoms. The fourth-order valence-corrected chi connectivity index (χ4v) is 2.91. The van der Waals surface area contributed by atoms with Gasteiger partial charge in [0.15, 0.2) is 5.71 Å². The summed E-state index contributed by atoms with van der Waals surface area (Å²) in [5.41, 5.74) is 0.111. The molecule has 1 aromatic heterocycles. The van der Waals surface area contributed by atoms with E-state index < -0.39 is 31.0 Å². The molecule has 0 aromatic carbocycles. The van der Waals surface area contributed by atoms with Gasteiger partial charge in [0.25, 0.3) is 5.91 Å². The van der Waals surface area contributed by atoms with Gasteiger partial charge in [-0.3, -0.25) is 9.59 Å². The molecule has 0 aliphatic carbocycles. The van der Waals surface area contributed by atoms with E-state index in [1.54, 1.807) is 31.2 Å². The molecule has 0 bridgehead atoms. The van der Waals surface area contributed by atoms with Crippen LogP contribution in [0.5, 0.6) is 0 Å². The molecule has 2 heterocycles. The fourth-order valence-electron chi connectivity index (χ4n) is 2.21. The van der Waals surface area contributed by atoms with Crippen molar-refractivity contribution in [3.05, 3.63) is 34.5 Å². The predicted molar refractivity (Wildman–Crippen MR) is 93.3 cm³/mol. The van der Waals surface area contributed by atoms with E-state index in [1.807, 2.05) is 5.38 Å². The van der Waals surface area contributed by atoms with E-state index in [4.69, 9.17) is 14.6 Å². The molecule has 1 aliphatic rings. The zero-order valence-corrected chi connectivity index (χ0v) is 14.4. The fraction of sp³-hybridized carbons (Fsp3) is 0.400. The van der Waals surface area contributed by atoms with Crippen molar-refractivity contribution in [2.45, 2.75) is 31.8 Å². The predicted octanol–water partition coefficient (Wildman–Crippen LogP) is 0.813. The SMILES string of the molecule is CCO/N=C(/C(=O)N[C@H]1CC=C[C@H](CC(=O)O)OB1O)c1cccs1. The zero-order chi connectivity index (χ0) is 18.2. The van der Waals surface area contributed by atoms with Crippen molar-refractivity contribution in [3.8, 4) is 0 Å². The Kier molecular flexibility index (Phi) is 7.17. The van der Waals surface area contributed by atoms with E-state index in [-0.39, 0.29) is 12.1 Å². The first-order valence-electron chi connectivity index (χ1n) is 7.78. The number of oxime groups is 1. The van der Waals surface area contributed by atoms with Gasteiger partial charge in [0.05, 0.1) is 23.3 Å². The maximum absolute atomic E-state index is 12.5. The second-order valence-electron chi connectivity index (χ2n) is 5.24. The number of carboxylic acids is 1. The standard InChI is InChI=1S/C15H19BN2O6S/c1-2-23-18-14(11-6-4-8-25-11)15(21)17-12-7-3-5-10(9-13(19)20)24-16(12)22/h3-6,8,10,12,22H,2,7,9H2,1H3,(H,17,21)(H,19,20)/b18-14+/t10-,12+/m1/s1. The van der Waals surface area contributed by atoms with Crippen molar-refractivity contribution >= 4 is 36.0 Å². The highest BCUT2D eigenvalue weighted by Crippen LogP contribution is 2.14. The van der Waals surface area contributed by atoms with Gasteiger partial charge in [0.2, 0.25) is 0 Å². The number of carbonyl (C=O) groups is 2. The van der Waals surface area contributed by atoms with E-state index in [2.05, 4.69) is 10.5 Å². The molecule has 1 aromatic rings. The third kappa shape index (κ3) is 5.70. The number of hydrogen-bond acceptors (Lipinski definition) is 7. The summed E-state index contributed by atoms with van der Waals surface area (Å²) >= 11 is 1.34. The summed E-state index contributed by atoms with van der Waals surface area (Å²) in [6, 6.07) is 3.53. The van der Waals surface area contributed by atoms with Crippen LogP contribution in [0.1, 0.15) is 24.6 Å². The average molecular weight is 366 g/mol. The maximum Gasteiger partial charge on any atom is 0.478 e. The van der Waals surface area contributed by atoms with Crippen LogP contribution in [0.3, 0.4) is 0 Å². The second-order valence-corrected chi connectivity index (χ2v) is 6.19. The van der Waals surface area contributed by atoms with E-state index in [9.17, 15) is 14.6 Å². The summed E-state index contributed by atoms with van der Waals surface area (Å²) in [4.78, 5) is 28.9. The largest absolute Gasteiger partial charge is 0.481 e. The molecule has 2 rings (SSSR count). The Balaban J connectivity index is 2.05. The molecule has 1 amide bonds. The van der Waals surface area contributed by atoms with Crippen molar-refractivity contribution < 1.29 is 29.2 Å². The number of nitrogens with one attached hydrogen (secondary N) is 1. The summed E-state index contributed by atoms with van der Waals surface area (Å²) in [5, 5.41) is 27.3. The van der Waals surface area contributed by atoms with Crippen molar-refractivity contribution in [1.29, 1.82) is 0 Å². The second kappa shape index (κ2) is 9.35. The Morgan fingerprint density at radius 2 is 2.36 bits per heavy atom. The quantitative estimate of drug-likeness (QED) is 0.285. The van der Waals surface area contributed by atoms with E-state index in [1.165, 1.54) is 11.3 Å². The number of nitrogens with zero attached hydrogens (tertiary/aromatic N) is 1. The Bertz CT molecular complexity index is 648. The lowest BCUT2D eigenvalue weighted by atomic mass is 9.77. The van der Waals surface area contributed by atoms with Gasteiger partial charge in [0, 0.05) is 0 Å². The lowest BCUT2D eigenvalue weighted by Crippen LogP contribution is -2.50. The van der Waals surface area contributed by atoms with Crippen LogP contribution < -0.4 is 5.32 Å². The summed E-state index contributed by atoms with van der Waals surface area (Å²) in [5.74, 6) is -2.27. The Morgan fingerprint density at radius 1 is 1.56 bits per heavy atom. The number of carboxylic acid groups (broad SMARTS) is 1. The molecule has 0 unspecified atom stereocenters. The minimum atomic E-state index is -1.33. The summed E-state index contributed by atoms with van der Waals surface area (Å²) in [6.07, 6.45) is 2.54. The molecule has 25 heavy (non-hydrogen) atoms. The summed E-state index contributed by atoms with van der Waals surface area (Å²) < 4.78 is 5.29. The van der Waals surface area contributed by atoms with Crippen molar-refractivity contribution in [2.24, 2.45) is 5.16 Å². The van der Waals surface area contributed by atoms with Crippen LogP contribution in [0.2, 0.25) is 0 Å². The van der Waals surface area contributed by atoms with Crippen molar-refractivity contribution in [2.75, 3.05) is 6.61 Å². The van der Waals surface area contributed by atoms with Gasteiger partial charge >= 0.3 is 13.1 Å². The van der Waals surface area contributed by atoms with Crippen LogP contribution in [-0.4, -0.2) is 53.5 Å². The van der Waals surface area contributed by atoms with Gasteiger partial charge in [-0.1, -0.05) is 23.4 Å². The number of aliphatic carboxylic acids is 1. The highest BCUT2D eigenvalue weighted by Gasteiger charge is 2.33. The minimum Gasteiger partial charge on any atom is -0.481 e. The Hall–Kier alpha value is -2.17. The molecule has 3 N–H and O–H groups in total. The molecular formula is C15H19BN2O6S. The Labute approximate surface area is 149 Å². The van der Waals surface area contributed by atoms with Gasteiger partial charge < -0.3 is 24.9 Å². The van der Waals surface area contributed by atoms with Crippen molar-refractivity contribution in [3.63, 3.8) is 0 Å². The van der Waals surface area contributed by atoms with Crippen LogP contribution in [0, 0.1) is 0 Å². The van der Waals surface area contributed by atoms with E-state index >= 15 is 0 Å². The maximum atomic E-state index is 12.5. The molecule has 10 heteroatoms. The first kappa shape index (κ1) is 19.2. The summed E-state index contributed by atoms with van der Waals surface area (Å²) in [6.45, 7) is 2.07. The van der Waals surface area contributed by atoms with Crippen LogP contribution in [0.4, 0.5) is 0 Å². The molecule has 0 fully saturated rings. The number of amides is 1. The number of rotatable bonds is 7. The molecule has 1 aliphatic heterocycles. The first-order chi connectivity index (χ1) is 12.0. The molecular weight excluding hydrogens is 347 g/mol. The van der Waals surface area contributed by atoms with Gasteiger partial charge in [-0.15, -0.1) is 11.3 Å². The number of hydrogen-bond donors (Lipinski definition) is 3. The van der Waals surface area contributed by atoms with Crippen LogP contribution >= 0.6 is 11.3 Å². The number of thiophene rings is 1. The zero-order valence-electron chi connectivity index (χ0n) is 13.6. The average Bonchev–Trinajstić information content (AvgIpc) is 3.02. The highest BCUT2D eigenvalue weighted by molar-refractivity contribution is 7.13. The smallest absolute Gasteiger partial charge is 0.478 e. The third-order valence-electron chi connectivity index (χ3n) is 3.35. The van der Waals surface area contributed by atoms with E-state index in [0.717, 1.165) is 0 Å². The van der Waals surface area contributed by atoms with E-state index in [0.29, 0.717) is 17.9 Å². The van der Waals surface area contributed by atoms with Gasteiger partial charge in [-0.25, -0.2) is 0 Å². The summed E-state index contributed by atoms with van der Waals surface area (Å²) in [7, 11) is -1.33. The molecule has 2 atom stereocenters. The monoisotopic (exact) mass is 366 g/mol.